The van der Waals surface area contributed by atoms with Gasteiger partial charge < -0.3 is 4.74 Å². The summed E-state index contributed by atoms with van der Waals surface area (Å²) in [6.07, 6.45) is 1.62. The van der Waals surface area contributed by atoms with Crippen molar-refractivity contribution in [2.75, 3.05) is 7.11 Å². The molecule has 2 heterocycles. The Morgan fingerprint density at radius 2 is 2.43 bits per heavy atom. The highest BCUT2D eigenvalue weighted by atomic mass is 35.5. The molecule has 0 saturated heterocycles. The van der Waals surface area contributed by atoms with E-state index in [-0.39, 0.29) is 5.82 Å². The molecule has 2 aromatic heterocycles. The molecule has 0 amide bonds. The Morgan fingerprint density at radius 1 is 1.64 bits per heavy atom. The predicted octanol–water partition coefficient (Wildman–Crippen LogP) is 1.17. The van der Waals surface area contributed by atoms with Gasteiger partial charge in [0.05, 0.1) is 7.11 Å². The number of hydrogen-bond donors (Lipinski definition) is 0. The molecule has 0 aliphatic heterocycles. The van der Waals surface area contributed by atoms with Crippen molar-refractivity contribution in [1.82, 2.24) is 14.6 Å². The van der Waals surface area contributed by atoms with Crippen molar-refractivity contribution >= 4 is 23.2 Å². The largest absolute Gasteiger partial charge is 0.463 e. The minimum Gasteiger partial charge on any atom is -0.463 e. The first-order valence-electron chi connectivity index (χ1n) is 3.81. The number of hydrogen-bond acceptors (Lipinski definition) is 4. The number of halogens is 1. The second-order valence-electron chi connectivity index (χ2n) is 2.57. The number of carbonyl (C=O) groups excluding carboxylic acids is 1. The highest BCUT2D eigenvalue weighted by Gasteiger charge is 2.12. The molecule has 0 unspecified atom stereocenters. The van der Waals surface area contributed by atoms with Gasteiger partial charge in [0.1, 0.15) is 0 Å². The normalized spacial score (nSPS) is 10.4. The summed E-state index contributed by atoms with van der Waals surface area (Å²) in [5.74, 6) is -0.542. The van der Waals surface area contributed by atoms with Crippen LogP contribution in [0.4, 0.5) is 0 Å². The van der Waals surface area contributed by atoms with Gasteiger partial charge in [-0.15, -0.1) is 5.10 Å². The number of carbonyl (C=O) groups is 1. The maximum Gasteiger partial charge on any atom is 0.377 e. The van der Waals surface area contributed by atoms with Crippen molar-refractivity contribution < 1.29 is 9.53 Å². The number of methoxy groups -OCH3 is 1. The average molecular weight is 212 g/mol. The molecule has 0 saturated carbocycles. The van der Waals surface area contributed by atoms with Crippen LogP contribution < -0.4 is 0 Å². The van der Waals surface area contributed by atoms with Gasteiger partial charge >= 0.3 is 5.97 Å². The maximum absolute atomic E-state index is 11.1. The van der Waals surface area contributed by atoms with Crippen molar-refractivity contribution in [3.63, 3.8) is 0 Å². The van der Waals surface area contributed by atoms with Gasteiger partial charge in [-0.3, -0.25) is 0 Å². The van der Waals surface area contributed by atoms with Crippen molar-refractivity contribution in [2.24, 2.45) is 0 Å². The fraction of sp³-hybridized carbons (Fsp3) is 0.125. The molecular formula is C8H6ClN3O2. The summed E-state index contributed by atoms with van der Waals surface area (Å²) in [5, 5.41) is 4.44. The quantitative estimate of drug-likeness (QED) is 0.665. The molecule has 0 radical (unpaired) electrons. The number of nitrogens with zero attached hydrogens (tertiary/aromatic N) is 3. The van der Waals surface area contributed by atoms with Crippen LogP contribution in [-0.4, -0.2) is 27.7 Å². The highest BCUT2D eigenvalue weighted by Crippen LogP contribution is 2.10. The lowest BCUT2D eigenvalue weighted by molar-refractivity contribution is 0.0587. The second-order valence-corrected chi connectivity index (χ2v) is 3.01. The summed E-state index contributed by atoms with van der Waals surface area (Å²) in [5.41, 5.74) is 0.512. The number of aromatic nitrogens is 3. The van der Waals surface area contributed by atoms with E-state index in [1.807, 2.05) is 0 Å². The van der Waals surface area contributed by atoms with Crippen molar-refractivity contribution in [2.45, 2.75) is 0 Å². The van der Waals surface area contributed by atoms with Crippen molar-refractivity contribution in [3.8, 4) is 0 Å². The molecular weight excluding hydrogens is 206 g/mol. The number of ether oxygens (including phenoxy) is 1. The van der Waals surface area contributed by atoms with E-state index in [1.165, 1.54) is 11.6 Å². The standard InChI is InChI=1S/C8H6ClN3O2/c1-14-8(13)7-10-6-4-5(9)2-3-12(6)11-7/h2-4H,1H3. The molecule has 6 heteroatoms. The van der Waals surface area contributed by atoms with E-state index in [0.717, 1.165) is 0 Å². The third-order valence-corrected chi connectivity index (χ3v) is 1.90. The van der Waals surface area contributed by atoms with Crippen LogP contribution in [0.1, 0.15) is 10.6 Å². The first kappa shape index (κ1) is 8.96. The molecule has 0 spiro atoms. The second kappa shape index (κ2) is 3.26. The number of esters is 1. The fourth-order valence-corrected chi connectivity index (χ4v) is 1.19. The van der Waals surface area contributed by atoms with E-state index in [1.54, 1.807) is 18.3 Å². The monoisotopic (exact) mass is 211 g/mol. The number of fused-ring (bicyclic) bond motifs is 1. The third-order valence-electron chi connectivity index (χ3n) is 1.67. The van der Waals surface area contributed by atoms with E-state index in [4.69, 9.17) is 11.6 Å². The maximum atomic E-state index is 11.1. The Morgan fingerprint density at radius 3 is 3.14 bits per heavy atom. The lowest BCUT2D eigenvalue weighted by atomic mass is 10.5. The van der Waals surface area contributed by atoms with Crippen LogP contribution in [0.15, 0.2) is 18.3 Å². The van der Waals surface area contributed by atoms with Gasteiger partial charge in [0, 0.05) is 17.3 Å². The lowest BCUT2D eigenvalue weighted by Gasteiger charge is -1.89. The van der Waals surface area contributed by atoms with E-state index < -0.39 is 5.97 Å². The summed E-state index contributed by atoms with van der Waals surface area (Å²) in [6.45, 7) is 0. The Labute approximate surface area is 84.3 Å². The molecule has 5 nitrogen and oxygen atoms in total. The topological polar surface area (TPSA) is 56.5 Å². The van der Waals surface area contributed by atoms with Gasteiger partial charge in [0.2, 0.25) is 0 Å². The van der Waals surface area contributed by atoms with Gasteiger partial charge in [-0.05, 0) is 6.07 Å². The zero-order chi connectivity index (χ0) is 10.1. The molecule has 72 valence electrons. The molecule has 0 aliphatic carbocycles. The molecule has 0 N–H and O–H groups in total. The summed E-state index contributed by atoms with van der Waals surface area (Å²) >= 11 is 5.74. The van der Waals surface area contributed by atoms with Crippen LogP contribution >= 0.6 is 11.6 Å². The van der Waals surface area contributed by atoms with Crippen LogP contribution in [0.5, 0.6) is 0 Å². The van der Waals surface area contributed by atoms with E-state index in [0.29, 0.717) is 10.7 Å². The minimum atomic E-state index is -0.565. The first-order chi connectivity index (χ1) is 6.70. The van der Waals surface area contributed by atoms with Crippen molar-refractivity contribution in [3.05, 3.63) is 29.2 Å². The molecule has 2 aromatic rings. The SMILES string of the molecule is COC(=O)c1nc2cc(Cl)ccn2n1. The molecule has 14 heavy (non-hydrogen) atoms. The smallest absolute Gasteiger partial charge is 0.377 e. The van der Waals surface area contributed by atoms with Crippen LogP contribution in [0.3, 0.4) is 0 Å². The summed E-state index contributed by atoms with van der Waals surface area (Å²) in [6, 6.07) is 3.27. The van der Waals surface area contributed by atoms with Crippen LogP contribution in [0.2, 0.25) is 5.02 Å². The van der Waals surface area contributed by atoms with Gasteiger partial charge in [0.25, 0.3) is 5.82 Å². The van der Waals surface area contributed by atoms with Gasteiger partial charge in [-0.1, -0.05) is 11.6 Å². The Hall–Kier alpha value is -1.62. The van der Waals surface area contributed by atoms with Gasteiger partial charge in [-0.25, -0.2) is 14.3 Å². The lowest BCUT2D eigenvalue weighted by Crippen LogP contribution is -2.03. The van der Waals surface area contributed by atoms with Crippen LogP contribution in [-0.2, 0) is 4.74 Å². The predicted molar refractivity (Wildman–Crippen MR) is 49.3 cm³/mol. The average Bonchev–Trinajstić information content (AvgIpc) is 2.59. The number of pyridine rings is 1. The molecule has 0 fully saturated rings. The van der Waals surface area contributed by atoms with E-state index in [9.17, 15) is 4.79 Å². The summed E-state index contributed by atoms with van der Waals surface area (Å²) in [7, 11) is 1.28. The zero-order valence-electron chi connectivity index (χ0n) is 7.27. The fourth-order valence-electron chi connectivity index (χ4n) is 1.03. The summed E-state index contributed by atoms with van der Waals surface area (Å²) in [4.78, 5) is 15.0. The van der Waals surface area contributed by atoms with Gasteiger partial charge in [0.15, 0.2) is 5.65 Å². The number of rotatable bonds is 1. The van der Waals surface area contributed by atoms with Crippen LogP contribution in [0, 0.1) is 0 Å². The third kappa shape index (κ3) is 1.42. The van der Waals surface area contributed by atoms with Crippen molar-refractivity contribution in [1.29, 1.82) is 0 Å². The van der Waals surface area contributed by atoms with Gasteiger partial charge in [-0.2, -0.15) is 0 Å². The molecule has 0 atom stereocenters. The summed E-state index contributed by atoms with van der Waals surface area (Å²) < 4.78 is 5.94. The zero-order valence-corrected chi connectivity index (χ0v) is 8.02. The molecule has 0 bridgehead atoms. The Balaban J connectivity index is 2.56. The van der Waals surface area contributed by atoms with Crippen LogP contribution in [0.25, 0.3) is 5.65 Å². The highest BCUT2D eigenvalue weighted by molar-refractivity contribution is 6.30. The molecule has 0 aromatic carbocycles. The minimum absolute atomic E-state index is 0.0229. The molecule has 2 rings (SSSR count). The first-order valence-corrected chi connectivity index (χ1v) is 4.19. The Kier molecular flexibility index (Phi) is 2.09. The Bertz CT molecular complexity index is 494. The van der Waals surface area contributed by atoms with E-state index in [2.05, 4.69) is 14.8 Å². The molecule has 0 aliphatic rings. The van der Waals surface area contributed by atoms with E-state index >= 15 is 0 Å².